The number of urea groups is 1. The van der Waals surface area contributed by atoms with Gasteiger partial charge >= 0.3 is 6.03 Å². The highest BCUT2D eigenvalue weighted by molar-refractivity contribution is 5.89. The van der Waals surface area contributed by atoms with Crippen LogP contribution in [0.5, 0.6) is 0 Å². The van der Waals surface area contributed by atoms with Crippen molar-refractivity contribution in [2.75, 3.05) is 18.4 Å². The van der Waals surface area contributed by atoms with Crippen LogP contribution in [-0.4, -0.2) is 38.8 Å². The van der Waals surface area contributed by atoms with Crippen LogP contribution >= 0.6 is 0 Å². The first-order valence-electron chi connectivity index (χ1n) is 7.19. The maximum Gasteiger partial charge on any atom is 0.321 e. The molecule has 0 saturated carbocycles. The molecule has 0 spiro atoms. The van der Waals surface area contributed by atoms with Gasteiger partial charge in [0.1, 0.15) is 0 Å². The van der Waals surface area contributed by atoms with Crippen LogP contribution in [-0.2, 0) is 0 Å². The zero-order valence-electron chi connectivity index (χ0n) is 12.1. The van der Waals surface area contributed by atoms with Crippen molar-refractivity contribution in [3.8, 4) is 0 Å². The predicted molar refractivity (Wildman–Crippen MR) is 80.1 cm³/mol. The number of hydrogen-bond donors (Lipinski definition) is 1. The number of hydrogen-bond acceptors (Lipinski definition) is 3. The Labute approximate surface area is 123 Å². The summed E-state index contributed by atoms with van der Waals surface area (Å²) >= 11 is 0. The van der Waals surface area contributed by atoms with Crippen molar-refractivity contribution >= 4 is 11.7 Å². The lowest BCUT2D eigenvalue weighted by Gasteiger charge is -2.32. The molecule has 3 rings (SSSR count). The molecule has 21 heavy (non-hydrogen) atoms. The van der Waals surface area contributed by atoms with E-state index in [-0.39, 0.29) is 12.1 Å². The Bertz CT molecular complexity index is 610. The van der Waals surface area contributed by atoms with Crippen molar-refractivity contribution in [3.05, 3.63) is 42.5 Å². The van der Waals surface area contributed by atoms with Crippen LogP contribution in [0, 0.1) is 6.92 Å². The summed E-state index contributed by atoms with van der Waals surface area (Å²) in [6, 6.07) is 3.78. The van der Waals surface area contributed by atoms with E-state index in [2.05, 4.69) is 15.4 Å². The molecule has 3 heterocycles. The van der Waals surface area contributed by atoms with E-state index in [9.17, 15) is 4.79 Å². The van der Waals surface area contributed by atoms with Crippen molar-refractivity contribution in [2.45, 2.75) is 25.8 Å². The monoisotopic (exact) mass is 285 g/mol. The second-order valence-electron chi connectivity index (χ2n) is 5.41. The zero-order valence-corrected chi connectivity index (χ0v) is 12.1. The number of carbonyl (C=O) groups is 1. The normalized spacial score (nSPS) is 18.5. The molecule has 0 bridgehead atoms. The number of rotatable bonds is 2. The van der Waals surface area contributed by atoms with Gasteiger partial charge in [-0.05, 0) is 37.5 Å². The lowest BCUT2D eigenvalue weighted by molar-refractivity contribution is 0.175. The highest BCUT2D eigenvalue weighted by atomic mass is 16.2. The number of anilines is 1. The minimum absolute atomic E-state index is 0.0604. The van der Waals surface area contributed by atoms with Gasteiger partial charge in [-0.3, -0.25) is 9.67 Å². The Balaban J connectivity index is 1.64. The molecular weight excluding hydrogens is 266 g/mol. The second kappa shape index (κ2) is 5.95. The quantitative estimate of drug-likeness (QED) is 0.922. The second-order valence-corrected chi connectivity index (χ2v) is 5.41. The highest BCUT2D eigenvalue weighted by Gasteiger charge is 2.25. The third-order valence-corrected chi connectivity index (χ3v) is 3.72. The Morgan fingerprint density at radius 3 is 2.90 bits per heavy atom. The van der Waals surface area contributed by atoms with Crippen LogP contribution in [0.25, 0.3) is 0 Å². The molecule has 1 aliphatic heterocycles. The van der Waals surface area contributed by atoms with Gasteiger partial charge in [0.15, 0.2) is 0 Å². The number of aromatic nitrogens is 3. The maximum atomic E-state index is 12.3. The van der Waals surface area contributed by atoms with Gasteiger partial charge in [-0.1, -0.05) is 0 Å². The van der Waals surface area contributed by atoms with Gasteiger partial charge in [0.2, 0.25) is 0 Å². The first-order chi connectivity index (χ1) is 10.2. The van der Waals surface area contributed by atoms with Crippen LogP contribution in [0.2, 0.25) is 0 Å². The number of aryl methyl sites for hydroxylation is 1. The third kappa shape index (κ3) is 3.21. The molecule has 0 aliphatic carbocycles. The van der Waals surface area contributed by atoms with Crippen molar-refractivity contribution in [1.82, 2.24) is 19.7 Å². The average molecular weight is 285 g/mol. The largest absolute Gasteiger partial charge is 0.322 e. The maximum absolute atomic E-state index is 12.3. The van der Waals surface area contributed by atoms with E-state index >= 15 is 0 Å². The zero-order chi connectivity index (χ0) is 14.7. The molecular formula is C15H19N5O. The molecule has 2 amide bonds. The molecule has 0 radical (unpaired) electrons. The van der Waals surface area contributed by atoms with E-state index in [0.29, 0.717) is 6.54 Å². The minimum Gasteiger partial charge on any atom is -0.322 e. The summed E-state index contributed by atoms with van der Waals surface area (Å²) in [5, 5.41) is 7.27. The Hall–Kier alpha value is -2.37. The standard InChI is InChI=1S/C15H19N5O/c1-12-9-17-20(10-12)14-3-2-8-19(11-14)15(21)18-13-4-6-16-7-5-13/h4-7,9-10,14H,2-3,8,11H2,1H3,(H,16,18,21). The van der Waals surface area contributed by atoms with Gasteiger partial charge in [-0.2, -0.15) is 5.10 Å². The number of carbonyl (C=O) groups excluding carboxylic acids is 1. The van der Waals surface area contributed by atoms with Gasteiger partial charge in [0.05, 0.1) is 12.2 Å². The molecule has 1 fully saturated rings. The fourth-order valence-corrected chi connectivity index (χ4v) is 2.63. The topological polar surface area (TPSA) is 63.1 Å². The smallest absolute Gasteiger partial charge is 0.321 e. The Kier molecular flexibility index (Phi) is 3.85. The molecule has 1 saturated heterocycles. The molecule has 6 nitrogen and oxygen atoms in total. The summed E-state index contributed by atoms with van der Waals surface area (Å²) in [7, 11) is 0. The number of piperidine rings is 1. The number of pyridine rings is 1. The third-order valence-electron chi connectivity index (χ3n) is 3.72. The molecule has 2 aromatic heterocycles. The van der Waals surface area contributed by atoms with E-state index in [0.717, 1.165) is 30.6 Å². The summed E-state index contributed by atoms with van der Waals surface area (Å²) in [4.78, 5) is 18.1. The lowest BCUT2D eigenvalue weighted by Crippen LogP contribution is -2.43. The van der Waals surface area contributed by atoms with Crippen LogP contribution in [0.1, 0.15) is 24.4 Å². The lowest BCUT2D eigenvalue weighted by atomic mass is 10.1. The van der Waals surface area contributed by atoms with Crippen molar-refractivity contribution in [2.24, 2.45) is 0 Å². The number of amides is 2. The number of likely N-dealkylation sites (tertiary alicyclic amines) is 1. The number of nitrogens with zero attached hydrogens (tertiary/aromatic N) is 4. The van der Waals surface area contributed by atoms with Crippen LogP contribution in [0.4, 0.5) is 10.5 Å². The first-order valence-corrected chi connectivity index (χ1v) is 7.19. The fourth-order valence-electron chi connectivity index (χ4n) is 2.63. The number of nitrogens with one attached hydrogen (secondary N) is 1. The fraction of sp³-hybridized carbons (Fsp3) is 0.400. The van der Waals surface area contributed by atoms with Gasteiger partial charge in [0.25, 0.3) is 0 Å². The molecule has 1 atom stereocenters. The molecule has 1 aliphatic rings. The Morgan fingerprint density at radius 2 is 2.19 bits per heavy atom. The molecule has 110 valence electrons. The summed E-state index contributed by atoms with van der Waals surface area (Å²) in [6.07, 6.45) is 9.28. The molecule has 1 unspecified atom stereocenters. The Morgan fingerprint density at radius 1 is 1.38 bits per heavy atom. The molecule has 0 aromatic carbocycles. The summed E-state index contributed by atoms with van der Waals surface area (Å²) in [5.41, 5.74) is 1.92. The van der Waals surface area contributed by atoms with Gasteiger partial charge in [-0.25, -0.2) is 4.79 Å². The van der Waals surface area contributed by atoms with E-state index in [4.69, 9.17) is 0 Å². The first kappa shape index (κ1) is 13.6. The van der Waals surface area contributed by atoms with E-state index in [1.165, 1.54) is 0 Å². The van der Waals surface area contributed by atoms with Gasteiger partial charge in [-0.15, -0.1) is 0 Å². The van der Waals surface area contributed by atoms with Gasteiger partial charge in [0, 0.05) is 37.4 Å². The van der Waals surface area contributed by atoms with E-state index < -0.39 is 0 Å². The van der Waals surface area contributed by atoms with E-state index in [1.807, 2.05) is 28.9 Å². The molecule has 1 N–H and O–H groups in total. The summed E-state index contributed by atoms with van der Waals surface area (Å²) in [6.45, 7) is 3.51. The van der Waals surface area contributed by atoms with Gasteiger partial charge < -0.3 is 10.2 Å². The highest BCUT2D eigenvalue weighted by Crippen LogP contribution is 2.21. The SMILES string of the molecule is Cc1cnn(C2CCCN(C(=O)Nc3ccncc3)C2)c1. The summed E-state index contributed by atoms with van der Waals surface area (Å²) in [5.74, 6) is 0. The van der Waals surface area contributed by atoms with Crippen molar-refractivity contribution in [3.63, 3.8) is 0 Å². The van der Waals surface area contributed by atoms with E-state index in [1.54, 1.807) is 24.5 Å². The molecule has 2 aromatic rings. The van der Waals surface area contributed by atoms with Crippen molar-refractivity contribution in [1.29, 1.82) is 0 Å². The van der Waals surface area contributed by atoms with Crippen LogP contribution in [0.3, 0.4) is 0 Å². The van der Waals surface area contributed by atoms with Crippen LogP contribution < -0.4 is 5.32 Å². The average Bonchev–Trinajstić information content (AvgIpc) is 2.95. The summed E-state index contributed by atoms with van der Waals surface area (Å²) < 4.78 is 1.97. The van der Waals surface area contributed by atoms with Crippen molar-refractivity contribution < 1.29 is 4.79 Å². The van der Waals surface area contributed by atoms with Crippen LogP contribution in [0.15, 0.2) is 36.9 Å². The minimum atomic E-state index is -0.0604. The predicted octanol–water partition coefficient (Wildman–Crippen LogP) is 2.46. The molecule has 6 heteroatoms.